The second kappa shape index (κ2) is 9.62. The van der Waals surface area contributed by atoms with Crippen LogP contribution in [0.25, 0.3) is 0 Å². The number of hydrogen-bond donors (Lipinski definition) is 1. The molecule has 6 nitrogen and oxygen atoms in total. The van der Waals surface area contributed by atoms with E-state index in [1.54, 1.807) is 31.4 Å². The average Bonchev–Trinajstić information content (AvgIpc) is 2.65. The molecule has 0 unspecified atom stereocenters. The zero-order valence-electron chi connectivity index (χ0n) is 16.2. The van der Waals surface area contributed by atoms with Crippen LogP contribution in [0.5, 0.6) is 11.5 Å². The zero-order valence-corrected chi connectivity index (χ0v) is 16.2. The molecule has 0 fully saturated rings. The van der Waals surface area contributed by atoms with Crippen molar-refractivity contribution >= 4 is 17.5 Å². The van der Waals surface area contributed by atoms with Crippen LogP contribution < -0.4 is 14.8 Å². The normalized spacial score (nSPS) is 10.2. The number of anilines is 1. The van der Waals surface area contributed by atoms with E-state index in [4.69, 9.17) is 9.47 Å². The van der Waals surface area contributed by atoms with Crippen LogP contribution >= 0.6 is 0 Å². The van der Waals surface area contributed by atoms with Gasteiger partial charge in [-0.1, -0.05) is 12.1 Å². The number of carbonyl (C=O) groups excluding carboxylic acids is 2. The molecule has 2 aromatic carbocycles. The van der Waals surface area contributed by atoms with E-state index < -0.39 is 0 Å². The second-order valence-corrected chi connectivity index (χ2v) is 6.26. The number of rotatable bonds is 8. The molecule has 0 radical (unpaired) electrons. The van der Waals surface area contributed by atoms with Crippen molar-refractivity contribution in [3.05, 3.63) is 53.6 Å². The van der Waals surface area contributed by atoms with E-state index >= 15 is 0 Å². The summed E-state index contributed by atoms with van der Waals surface area (Å²) >= 11 is 0. The molecule has 0 spiro atoms. The van der Waals surface area contributed by atoms with Crippen LogP contribution in [0.15, 0.2) is 42.5 Å². The summed E-state index contributed by atoms with van der Waals surface area (Å²) in [6, 6.07) is 12.9. The lowest BCUT2D eigenvalue weighted by Gasteiger charge is -2.21. The fourth-order valence-electron chi connectivity index (χ4n) is 2.54. The number of ether oxygens (including phenoxy) is 2. The largest absolute Gasteiger partial charge is 0.497 e. The molecule has 144 valence electrons. The van der Waals surface area contributed by atoms with Crippen LogP contribution in [-0.4, -0.2) is 43.5 Å². The summed E-state index contributed by atoms with van der Waals surface area (Å²) < 4.78 is 10.7. The number of hydrogen-bond acceptors (Lipinski definition) is 4. The van der Waals surface area contributed by atoms with Crippen molar-refractivity contribution in [1.82, 2.24) is 4.90 Å². The van der Waals surface area contributed by atoms with Crippen LogP contribution in [0.3, 0.4) is 0 Å². The standard InChI is InChI=1S/C21H26N2O4/c1-15-6-5-7-20(16(15)2)22-21(25)14-23(17(3)24)12-13-27-19-10-8-18(26-4)9-11-19/h5-11H,12-14H2,1-4H3,(H,22,25). The fourth-order valence-corrected chi connectivity index (χ4v) is 2.54. The van der Waals surface area contributed by atoms with Gasteiger partial charge in [0, 0.05) is 12.6 Å². The maximum atomic E-state index is 12.3. The Labute approximate surface area is 160 Å². The molecule has 0 heterocycles. The SMILES string of the molecule is COc1ccc(OCCN(CC(=O)Nc2cccc(C)c2C)C(C)=O)cc1. The van der Waals surface area contributed by atoms with Crippen molar-refractivity contribution in [2.75, 3.05) is 32.1 Å². The highest BCUT2D eigenvalue weighted by Crippen LogP contribution is 2.18. The summed E-state index contributed by atoms with van der Waals surface area (Å²) in [6.45, 7) is 5.98. The zero-order chi connectivity index (χ0) is 19.8. The Hall–Kier alpha value is -3.02. The second-order valence-electron chi connectivity index (χ2n) is 6.26. The highest BCUT2D eigenvalue weighted by Gasteiger charge is 2.15. The Morgan fingerprint density at radius 3 is 2.33 bits per heavy atom. The van der Waals surface area contributed by atoms with Gasteiger partial charge in [-0.05, 0) is 55.3 Å². The Morgan fingerprint density at radius 1 is 1.04 bits per heavy atom. The summed E-state index contributed by atoms with van der Waals surface area (Å²) in [5, 5.41) is 2.87. The lowest BCUT2D eigenvalue weighted by Crippen LogP contribution is -2.39. The van der Waals surface area contributed by atoms with Crippen LogP contribution in [0.4, 0.5) is 5.69 Å². The molecule has 0 aliphatic rings. The number of methoxy groups -OCH3 is 1. The number of carbonyl (C=O) groups is 2. The average molecular weight is 370 g/mol. The van der Waals surface area contributed by atoms with E-state index in [1.165, 1.54) is 11.8 Å². The maximum absolute atomic E-state index is 12.3. The van der Waals surface area contributed by atoms with Crippen LogP contribution in [0.1, 0.15) is 18.1 Å². The highest BCUT2D eigenvalue weighted by molar-refractivity contribution is 5.95. The molecule has 27 heavy (non-hydrogen) atoms. The van der Waals surface area contributed by atoms with Gasteiger partial charge in [-0.2, -0.15) is 0 Å². The predicted molar refractivity (Wildman–Crippen MR) is 105 cm³/mol. The number of amides is 2. The van der Waals surface area contributed by atoms with Gasteiger partial charge in [-0.25, -0.2) is 0 Å². The number of aryl methyl sites for hydroxylation is 1. The molecule has 6 heteroatoms. The summed E-state index contributed by atoms with van der Waals surface area (Å²) in [6.07, 6.45) is 0. The van der Waals surface area contributed by atoms with E-state index in [1.807, 2.05) is 32.0 Å². The first kappa shape index (κ1) is 20.3. The predicted octanol–water partition coefficient (Wildman–Crippen LogP) is 3.18. The Balaban J connectivity index is 1.87. The molecule has 2 amide bonds. The van der Waals surface area contributed by atoms with E-state index in [0.29, 0.717) is 18.9 Å². The van der Waals surface area contributed by atoms with Gasteiger partial charge in [0.25, 0.3) is 0 Å². The van der Waals surface area contributed by atoms with Gasteiger partial charge in [0.15, 0.2) is 0 Å². The Kier molecular flexibility index (Phi) is 7.23. The molecule has 0 bridgehead atoms. The quantitative estimate of drug-likeness (QED) is 0.775. The fraction of sp³-hybridized carbons (Fsp3) is 0.333. The van der Waals surface area contributed by atoms with Crippen molar-refractivity contribution in [1.29, 1.82) is 0 Å². The first-order chi connectivity index (χ1) is 12.9. The minimum atomic E-state index is -0.233. The first-order valence-corrected chi connectivity index (χ1v) is 8.79. The number of benzene rings is 2. The van der Waals surface area contributed by atoms with E-state index in [-0.39, 0.29) is 18.4 Å². The van der Waals surface area contributed by atoms with Crippen molar-refractivity contribution in [2.24, 2.45) is 0 Å². The van der Waals surface area contributed by atoms with Crippen molar-refractivity contribution in [3.63, 3.8) is 0 Å². The summed E-state index contributed by atoms with van der Waals surface area (Å²) in [7, 11) is 1.60. The van der Waals surface area contributed by atoms with Crippen molar-refractivity contribution in [3.8, 4) is 11.5 Å². The minimum Gasteiger partial charge on any atom is -0.497 e. The lowest BCUT2D eigenvalue weighted by atomic mass is 10.1. The van der Waals surface area contributed by atoms with E-state index in [9.17, 15) is 9.59 Å². The van der Waals surface area contributed by atoms with Gasteiger partial charge in [0.2, 0.25) is 11.8 Å². The molecule has 2 rings (SSSR count). The molecule has 0 saturated heterocycles. The van der Waals surface area contributed by atoms with E-state index in [0.717, 1.165) is 22.6 Å². The summed E-state index contributed by atoms with van der Waals surface area (Å²) in [5.41, 5.74) is 2.88. The maximum Gasteiger partial charge on any atom is 0.244 e. The van der Waals surface area contributed by atoms with Gasteiger partial charge in [0.1, 0.15) is 18.1 Å². The molecule has 0 aromatic heterocycles. The smallest absolute Gasteiger partial charge is 0.244 e. The van der Waals surface area contributed by atoms with Crippen molar-refractivity contribution < 1.29 is 19.1 Å². The molecule has 1 N–H and O–H groups in total. The third kappa shape index (κ3) is 6.02. The molecule has 2 aromatic rings. The van der Waals surface area contributed by atoms with Crippen LogP contribution in [0.2, 0.25) is 0 Å². The van der Waals surface area contributed by atoms with Gasteiger partial charge < -0.3 is 19.7 Å². The Morgan fingerprint density at radius 2 is 1.70 bits per heavy atom. The van der Waals surface area contributed by atoms with Crippen molar-refractivity contribution in [2.45, 2.75) is 20.8 Å². The lowest BCUT2D eigenvalue weighted by molar-refractivity contribution is -0.133. The van der Waals surface area contributed by atoms with Gasteiger partial charge >= 0.3 is 0 Å². The molecule has 0 atom stereocenters. The van der Waals surface area contributed by atoms with Gasteiger partial charge in [0.05, 0.1) is 20.2 Å². The van der Waals surface area contributed by atoms with Gasteiger partial charge in [-0.3, -0.25) is 9.59 Å². The first-order valence-electron chi connectivity index (χ1n) is 8.79. The highest BCUT2D eigenvalue weighted by atomic mass is 16.5. The van der Waals surface area contributed by atoms with Gasteiger partial charge in [-0.15, -0.1) is 0 Å². The molecule has 0 aliphatic carbocycles. The molecular weight excluding hydrogens is 344 g/mol. The third-order valence-corrected chi connectivity index (χ3v) is 4.35. The number of nitrogens with one attached hydrogen (secondary N) is 1. The van der Waals surface area contributed by atoms with Crippen LogP contribution in [0, 0.1) is 13.8 Å². The van der Waals surface area contributed by atoms with E-state index in [2.05, 4.69) is 5.32 Å². The molecule has 0 aliphatic heterocycles. The monoisotopic (exact) mass is 370 g/mol. The summed E-state index contributed by atoms with van der Waals surface area (Å²) in [4.78, 5) is 25.6. The molecule has 0 saturated carbocycles. The molecular formula is C21H26N2O4. The van der Waals surface area contributed by atoms with Crippen LogP contribution in [-0.2, 0) is 9.59 Å². The summed E-state index contributed by atoms with van der Waals surface area (Å²) in [5.74, 6) is 1.02. The minimum absolute atomic E-state index is 0.0192. The number of nitrogens with zero attached hydrogens (tertiary/aromatic N) is 1. The topological polar surface area (TPSA) is 67.9 Å². The third-order valence-electron chi connectivity index (χ3n) is 4.35. The Bertz CT molecular complexity index is 787.